The summed E-state index contributed by atoms with van der Waals surface area (Å²) in [6.07, 6.45) is 3.12. The van der Waals surface area contributed by atoms with Gasteiger partial charge in [-0.2, -0.15) is 0 Å². The highest BCUT2D eigenvalue weighted by molar-refractivity contribution is 6.06. The van der Waals surface area contributed by atoms with Crippen LogP contribution in [0.3, 0.4) is 0 Å². The summed E-state index contributed by atoms with van der Waals surface area (Å²) < 4.78 is 37.3. The molecular formula is C34H26F3NO6. The van der Waals surface area contributed by atoms with Gasteiger partial charge >= 0.3 is 11.9 Å². The standard InChI is InChI=1S/C18H14FNO3.C10H7FO3.C6H5F/c19-12-7-5-11(6-8-12)17(21)9-14(18(22)23)15-10-20-16-4-2-1-3-13(15)16;11-8-3-1-7(2-4-8)9(12)5-6-10(13)14;7-6-4-2-1-3-5-6/h1-8,10,14,20H,9H2,(H,22,23);1-6H,(H,13,14);1-5H/b;6-5+;. The van der Waals surface area contributed by atoms with E-state index in [0.717, 1.165) is 35.2 Å². The van der Waals surface area contributed by atoms with E-state index in [1.807, 2.05) is 24.3 Å². The molecule has 1 aromatic heterocycles. The van der Waals surface area contributed by atoms with Crippen LogP contribution in [0.1, 0.15) is 38.6 Å². The van der Waals surface area contributed by atoms with Gasteiger partial charge in [0.25, 0.3) is 0 Å². The molecule has 5 rings (SSSR count). The number of carbonyl (C=O) groups is 4. The van der Waals surface area contributed by atoms with Crippen molar-refractivity contribution in [2.75, 3.05) is 0 Å². The second-order valence-corrected chi connectivity index (χ2v) is 9.15. The summed E-state index contributed by atoms with van der Waals surface area (Å²) in [7, 11) is 0. The molecule has 0 saturated heterocycles. The highest BCUT2D eigenvalue weighted by Gasteiger charge is 2.26. The van der Waals surface area contributed by atoms with Crippen LogP contribution in [0.25, 0.3) is 10.9 Å². The number of carboxylic acid groups (broad SMARTS) is 2. The number of Topliss-reactive ketones (excluding diaryl/α,β-unsaturated/α-hetero) is 1. The molecule has 44 heavy (non-hydrogen) atoms. The Morgan fingerprint density at radius 2 is 1.18 bits per heavy atom. The predicted octanol–water partition coefficient (Wildman–Crippen LogP) is 7.22. The molecule has 0 bridgehead atoms. The Balaban J connectivity index is 0.000000212. The molecule has 0 saturated carbocycles. The van der Waals surface area contributed by atoms with Gasteiger partial charge in [0.15, 0.2) is 11.6 Å². The third kappa shape index (κ3) is 9.95. The Hall–Kier alpha value is -5.77. The lowest BCUT2D eigenvalue weighted by molar-refractivity contribution is -0.138. The molecule has 1 heterocycles. The van der Waals surface area contributed by atoms with Gasteiger partial charge in [-0.3, -0.25) is 14.4 Å². The Kier molecular flexibility index (Phi) is 11.9. The summed E-state index contributed by atoms with van der Waals surface area (Å²) in [5.41, 5.74) is 1.95. The van der Waals surface area contributed by atoms with E-state index < -0.39 is 35.3 Å². The van der Waals surface area contributed by atoms with E-state index >= 15 is 0 Å². The zero-order valence-electron chi connectivity index (χ0n) is 23.0. The molecule has 224 valence electrons. The lowest BCUT2D eigenvalue weighted by atomic mass is 9.91. The van der Waals surface area contributed by atoms with Crippen molar-refractivity contribution < 1.29 is 42.6 Å². The Morgan fingerprint density at radius 1 is 0.659 bits per heavy atom. The first-order chi connectivity index (χ1) is 21.0. The van der Waals surface area contributed by atoms with Gasteiger partial charge in [0.1, 0.15) is 17.5 Å². The van der Waals surface area contributed by atoms with Gasteiger partial charge in [0.05, 0.1) is 5.92 Å². The molecule has 3 N–H and O–H groups in total. The molecule has 0 aliphatic heterocycles. The second-order valence-electron chi connectivity index (χ2n) is 9.15. The summed E-state index contributed by atoms with van der Waals surface area (Å²) in [5, 5.41) is 18.6. The normalized spacial score (nSPS) is 11.1. The van der Waals surface area contributed by atoms with Crippen LogP contribution >= 0.6 is 0 Å². The molecule has 7 nitrogen and oxygen atoms in total. The van der Waals surface area contributed by atoms with Gasteiger partial charge in [0, 0.05) is 40.7 Å². The number of aromatic nitrogens is 1. The topological polar surface area (TPSA) is 125 Å². The lowest BCUT2D eigenvalue weighted by Gasteiger charge is -2.11. The Bertz CT molecular complexity index is 1750. The molecular weight excluding hydrogens is 575 g/mol. The number of halogens is 3. The first-order valence-electron chi connectivity index (χ1n) is 13.0. The number of fused-ring (bicyclic) bond motifs is 1. The number of carboxylic acids is 2. The van der Waals surface area contributed by atoms with Crippen molar-refractivity contribution in [1.82, 2.24) is 4.98 Å². The minimum Gasteiger partial charge on any atom is -0.481 e. The number of aromatic amines is 1. The van der Waals surface area contributed by atoms with Crippen LogP contribution < -0.4 is 0 Å². The minimum absolute atomic E-state index is 0.178. The maximum Gasteiger partial charge on any atom is 0.328 e. The first-order valence-corrected chi connectivity index (χ1v) is 13.0. The van der Waals surface area contributed by atoms with Gasteiger partial charge in [-0.15, -0.1) is 0 Å². The number of ketones is 2. The van der Waals surface area contributed by atoms with Crippen molar-refractivity contribution in [3.05, 3.63) is 156 Å². The number of carbonyl (C=O) groups excluding carboxylic acids is 2. The van der Waals surface area contributed by atoms with Crippen LogP contribution in [0.15, 0.2) is 121 Å². The summed E-state index contributed by atoms with van der Waals surface area (Å²) in [6, 6.07) is 25.3. The van der Waals surface area contributed by atoms with Gasteiger partial charge in [-0.05, 0) is 78.4 Å². The molecule has 4 aromatic carbocycles. The van der Waals surface area contributed by atoms with Crippen LogP contribution in [-0.2, 0) is 9.59 Å². The summed E-state index contributed by atoms with van der Waals surface area (Å²) >= 11 is 0. The number of nitrogens with one attached hydrogen (secondary N) is 1. The number of hydrogen-bond donors (Lipinski definition) is 3. The van der Waals surface area contributed by atoms with Crippen LogP contribution in [0.2, 0.25) is 0 Å². The third-order valence-corrected chi connectivity index (χ3v) is 6.09. The fourth-order valence-electron chi connectivity index (χ4n) is 3.92. The smallest absolute Gasteiger partial charge is 0.328 e. The lowest BCUT2D eigenvalue weighted by Crippen LogP contribution is -2.16. The monoisotopic (exact) mass is 601 g/mol. The second kappa shape index (κ2) is 16.0. The fourth-order valence-corrected chi connectivity index (χ4v) is 3.92. The summed E-state index contributed by atoms with van der Waals surface area (Å²) in [4.78, 5) is 48.2. The number of hydrogen-bond acceptors (Lipinski definition) is 4. The van der Waals surface area contributed by atoms with Gasteiger partial charge in [-0.25, -0.2) is 18.0 Å². The number of allylic oxidation sites excluding steroid dienone is 1. The van der Waals surface area contributed by atoms with E-state index in [0.29, 0.717) is 11.1 Å². The number of aliphatic carboxylic acids is 2. The summed E-state index contributed by atoms with van der Waals surface area (Å²) in [5.74, 6) is -5.07. The van der Waals surface area contributed by atoms with Crippen molar-refractivity contribution in [3.63, 3.8) is 0 Å². The van der Waals surface area contributed by atoms with E-state index in [4.69, 9.17) is 5.11 Å². The average Bonchev–Trinajstić information content (AvgIpc) is 3.44. The highest BCUT2D eigenvalue weighted by atomic mass is 19.1. The first kappa shape index (κ1) is 32.7. The maximum absolute atomic E-state index is 12.9. The van der Waals surface area contributed by atoms with Crippen LogP contribution in [0.4, 0.5) is 13.2 Å². The van der Waals surface area contributed by atoms with Crippen molar-refractivity contribution >= 4 is 34.4 Å². The number of rotatable bonds is 8. The zero-order chi connectivity index (χ0) is 32.1. The molecule has 0 fully saturated rings. The Labute approximate surface area is 249 Å². The molecule has 0 aliphatic rings. The zero-order valence-corrected chi connectivity index (χ0v) is 23.0. The molecule has 0 radical (unpaired) electrons. The van der Waals surface area contributed by atoms with Gasteiger partial charge in [-0.1, -0.05) is 36.4 Å². The van der Waals surface area contributed by atoms with E-state index in [2.05, 4.69) is 4.98 Å². The molecule has 1 atom stereocenters. The van der Waals surface area contributed by atoms with Crippen molar-refractivity contribution in [3.8, 4) is 0 Å². The third-order valence-electron chi connectivity index (χ3n) is 6.09. The molecule has 0 aliphatic carbocycles. The quantitative estimate of drug-likeness (QED) is 0.127. The maximum atomic E-state index is 12.9. The molecule has 0 spiro atoms. The molecule has 10 heteroatoms. The Morgan fingerprint density at radius 3 is 1.70 bits per heavy atom. The van der Waals surface area contributed by atoms with Crippen molar-refractivity contribution in [2.24, 2.45) is 0 Å². The van der Waals surface area contributed by atoms with Gasteiger partial charge < -0.3 is 15.2 Å². The largest absolute Gasteiger partial charge is 0.481 e. The number of para-hydroxylation sites is 1. The number of H-pyrrole nitrogens is 1. The minimum atomic E-state index is -1.19. The van der Waals surface area contributed by atoms with Gasteiger partial charge in [0.2, 0.25) is 0 Å². The van der Waals surface area contributed by atoms with E-state index in [1.54, 1.807) is 24.4 Å². The SMILES string of the molecule is Fc1ccccc1.O=C(CC(C(=O)O)c1c[nH]c2ccccc12)c1ccc(F)cc1.O=C(O)/C=C/C(=O)c1ccc(F)cc1. The van der Waals surface area contributed by atoms with E-state index in [1.165, 1.54) is 48.5 Å². The van der Waals surface area contributed by atoms with Crippen LogP contribution in [0.5, 0.6) is 0 Å². The van der Waals surface area contributed by atoms with Crippen LogP contribution in [-0.4, -0.2) is 38.7 Å². The fraction of sp³-hybridized carbons (Fsp3) is 0.0588. The predicted molar refractivity (Wildman–Crippen MR) is 158 cm³/mol. The average molecular weight is 602 g/mol. The molecule has 0 amide bonds. The summed E-state index contributed by atoms with van der Waals surface area (Å²) in [6.45, 7) is 0. The van der Waals surface area contributed by atoms with E-state index in [-0.39, 0.29) is 23.6 Å². The van der Waals surface area contributed by atoms with Crippen LogP contribution in [0, 0.1) is 17.5 Å². The molecule has 5 aromatic rings. The highest BCUT2D eigenvalue weighted by Crippen LogP contribution is 2.29. The number of benzene rings is 4. The molecule has 1 unspecified atom stereocenters. The van der Waals surface area contributed by atoms with Crippen molar-refractivity contribution in [2.45, 2.75) is 12.3 Å². The van der Waals surface area contributed by atoms with E-state index in [9.17, 15) is 37.5 Å². The van der Waals surface area contributed by atoms with Crippen molar-refractivity contribution in [1.29, 1.82) is 0 Å².